The van der Waals surface area contributed by atoms with Gasteiger partial charge in [0.15, 0.2) is 0 Å². The maximum atomic E-state index is 5.31. The number of nitrogens with zero attached hydrogens (tertiary/aromatic N) is 2. The summed E-state index contributed by atoms with van der Waals surface area (Å²) in [5.41, 5.74) is 2.67. The zero-order valence-electron chi connectivity index (χ0n) is 7.53. The van der Waals surface area contributed by atoms with Gasteiger partial charge in [-0.05, 0) is 18.3 Å². The molecule has 0 spiro atoms. The van der Waals surface area contributed by atoms with Crippen LogP contribution in [0.5, 0.6) is 0 Å². The van der Waals surface area contributed by atoms with Crippen LogP contribution in [0.3, 0.4) is 0 Å². The molecule has 13 heavy (non-hydrogen) atoms. The number of hydrogen-bond acceptors (Lipinski definition) is 4. The van der Waals surface area contributed by atoms with Crippen LogP contribution < -0.4 is 0 Å². The standard InChI is InChI=1S/C8H10N2OS2/c1-8(2)3-5-7-6(4-8)10-12-13(7)11-9-5/h3-4H2,1-2H3. The van der Waals surface area contributed by atoms with E-state index in [0.717, 1.165) is 18.6 Å². The topological polar surface area (TPSA) is 34.0 Å². The highest BCUT2D eigenvalue weighted by Gasteiger charge is 2.41. The summed E-state index contributed by atoms with van der Waals surface area (Å²) >= 11 is 0. The second-order valence-corrected chi connectivity index (χ2v) is 7.02. The average molecular weight is 214 g/mol. The van der Waals surface area contributed by atoms with Gasteiger partial charge in [0, 0.05) is 0 Å². The van der Waals surface area contributed by atoms with Crippen molar-refractivity contribution in [2.75, 3.05) is 0 Å². The zero-order chi connectivity index (χ0) is 9.05. The van der Waals surface area contributed by atoms with Gasteiger partial charge in [-0.2, -0.15) is 0 Å². The van der Waals surface area contributed by atoms with Gasteiger partial charge in [0.2, 0.25) is 0 Å². The fourth-order valence-electron chi connectivity index (χ4n) is 1.88. The van der Waals surface area contributed by atoms with E-state index in [9.17, 15) is 0 Å². The minimum atomic E-state index is -0.184. The molecule has 0 aromatic heterocycles. The third-order valence-corrected chi connectivity index (χ3v) is 5.17. The Labute approximate surface area is 83.3 Å². The summed E-state index contributed by atoms with van der Waals surface area (Å²) in [7, 11) is 1.35. The van der Waals surface area contributed by atoms with Crippen LogP contribution in [-0.2, 0) is 4.28 Å². The van der Waals surface area contributed by atoms with Gasteiger partial charge in [-0.25, -0.2) is 4.40 Å². The second kappa shape index (κ2) is 2.39. The molecule has 1 atom stereocenters. The van der Waals surface area contributed by atoms with Crippen LogP contribution >= 0.6 is 20.8 Å². The predicted octanol–water partition coefficient (Wildman–Crippen LogP) is 2.57. The minimum absolute atomic E-state index is 0.184. The van der Waals surface area contributed by atoms with Gasteiger partial charge in [0.1, 0.15) is 15.5 Å². The Morgan fingerprint density at radius 2 is 2.15 bits per heavy atom. The Morgan fingerprint density at radius 1 is 1.38 bits per heavy atom. The number of oxime groups is 1. The molecular formula is C8H10N2OS2. The summed E-state index contributed by atoms with van der Waals surface area (Å²) in [5.74, 6) is 0. The molecule has 3 aliphatic rings. The molecule has 2 aliphatic heterocycles. The van der Waals surface area contributed by atoms with Crippen molar-refractivity contribution in [2.24, 2.45) is 15.0 Å². The van der Waals surface area contributed by atoms with Crippen molar-refractivity contribution in [2.45, 2.75) is 26.7 Å². The first-order valence-corrected chi connectivity index (χ1v) is 6.70. The Balaban J connectivity index is 2.10. The van der Waals surface area contributed by atoms with Gasteiger partial charge in [-0.15, -0.1) is 0 Å². The van der Waals surface area contributed by atoms with E-state index in [2.05, 4.69) is 23.4 Å². The highest BCUT2D eigenvalue weighted by molar-refractivity contribution is 8.82. The van der Waals surface area contributed by atoms with Gasteiger partial charge >= 0.3 is 0 Å². The summed E-state index contributed by atoms with van der Waals surface area (Å²) in [4.78, 5) is 1.30. The molecule has 1 aliphatic carbocycles. The van der Waals surface area contributed by atoms with Gasteiger partial charge in [-0.3, -0.25) is 0 Å². The SMILES string of the molecule is CC1(C)CC2=NOS3=C2C(=NS3)C1. The van der Waals surface area contributed by atoms with Crippen molar-refractivity contribution in [3.05, 3.63) is 0 Å². The van der Waals surface area contributed by atoms with E-state index in [-0.39, 0.29) is 9.80 Å². The van der Waals surface area contributed by atoms with Gasteiger partial charge in [0.25, 0.3) is 0 Å². The van der Waals surface area contributed by atoms with Gasteiger partial charge in [0.05, 0.1) is 21.6 Å². The van der Waals surface area contributed by atoms with E-state index in [1.807, 2.05) is 0 Å². The molecular weight excluding hydrogens is 204 g/mol. The molecule has 0 aromatic carbocycles. The van der Waals surface area contributed by atoms with Crippen molar-refractivity contribution in [1.29, 1.82) is 0 Å². The van der Waals surface area contributed by atoms with Crippen LogP contribution in [0.1, 0.15) is 26.7 Å². The molecule has 0 radical (unpaired) electrons. The molecule has 0 saturated heterocycles. The molecule has 1 fully saturated rings. The summed E-state index contributed by atoms with van der Waals surface area (Å²) in [6, 6.07) is 0. The first-order chi connectivity index (χ1) is 6.16. The van der Waals surface area contributed by atoms with Crippen molar-refractivity contribution in [3.63, 3.8) is 0 Å². The number of hydrogen-bond donors (Lipinski definition) is 0. The summed E-state index contributed by atoms with van der Waals surface area (Å²) in [5, 5.41) is 4.13. The molecule has 3 rings (SSSR count). The molecule has 2 heterocycles. The monoisotopic (exact) mass is 214 g/mol. The van der Waals surface area contributed by atoms with E-state index in [4.69, 9.17) is 4.28 Å². The lowest BCUT2D eigenvalue weighted by molar-refractivity contribution is 0.381. The lowest BCUT2D eigenvalue weighted by Crippen LogP contribution is -2.35. The lowest BCUT2D eigenvalue weighted by Gasteiger charge is -2.29. The van der Waals surface area contributed by atoms with Crippen LogP contribution in [0.15, 0.2) is 9.55 Å². The molecule has 5 heteroatoms. The molecule has 0 N–H and O–H groups in total. The van der Waals surface area contributed by atoms with Crippen molar-refractivity contribution in [1.82, 2.24) is 0 Å². The Hall–Kier alpha value is -0.290. The van der Waals surface area contributed by atoms with E-state index in [1.165, 1.54) is 21.6 Å². The van der Waals surface area contributed by atoms with Gasteiger partial charge < -0.3 is 4.28 Å². The maximum absolute atomic E-state index is 5.31. The summed E-state index contributed by atoms with van der Waals surface area (Å²) in [6.45, 7) is 4.52. The van der Waals surface area contributed by atoms with E-state index >= 15 is 0 Å². The molecule has 1 saturated carbocycles. The first-order valence-electron chi connectivity index (χ1n) is 4.26. The van der Waals surface area contributed by atoms with Crippen molar-refractivity contribution in [3.8, 4) is 0 Å². The van der Waals surface area contributed by atoms with Crippen LogP contribution in [0.25, 0.3) is 0 Å². The van der Waals surface area contributed by atoms with Crippen molar-refractivity contribution < 1.29 is 4.28 Å². The van der Waals surface area contributed by atoms with E-state index < -0.39 is 0 Å². The molecule has 3 nitrogen and oxygen atoms in total. The maximum Gasteiger partial charge on any atom is 0.118 e. The second-order valence-electron chi connectivity index (χ2n) is 4.31. The average Bonchev–Trinajstić information content (AvgIpc) is 2.56. The fourth-order valence-corrected chi connectivity index (χ4v) is 4.65. The third kappa shape index (κ3) is 1.10. The lowest BCUT2D eigenvalue weighted by atomic mass is 9.75. The number of rotatable bonds is 0. The van der Waals surface area contributed by atoms with Crippen LogP contribution in [0.2, 0.25) is 0 Å². The van der Waals surface area contributed by atoms with Crippen molar-refractivity contribution >= 4 is 37.1 Å². The smallest absolute Gasteiger partial charge is 0.118 e. The summed E-state index contributed by atoms with van der Waals surface area (Å²) in [6.07, 6.45) is 2.10. The van der Waals surface area contributed by atoms with Gasteiger partial charge in [-0.1, -0.05) is 19.0 Å². The minimum Gasteiger partial charge on any atom is -0.317 e. The predicted molar refractivity (Wildman–Crippen MR) is 59.2 cm³/mol. The van der Waals surface area contributed by atoms with Crippen LogP contribution in [0, 0.1) is 5.41 Å². The van der Waals surface area contributed by atoms with Crippen LogP contribution in [0.4, 0.5) is 0 Å². The molecule has 70 valence electrons. The quantitative estimate of drug-likeness (QED) is 0.353. The Kier molecular flexibility index (Phi) is 1.48. The molecule has 0 amide bonds. The Morgan fingerprint density at radius 3 is 3.00 bits per heavy atom. The zero-order valence-corrected chi connectivity index (χ0v) is 9.17. The van der Waals surface area contributed by atoms with E-state index in [1.54, 1.807) is 0 Å². The largest absolute Gasteiger partial charge is 0.317 e. The van der Waals surface area contributed by atoms with E-state index in [0.29, 0.717) is 5.41 Å². The van der Waals surface area contributed by atoms with Crippen LogP contribution in [-0.4, -0.2) is 16.3 Å². The fraction of sp³-hybridized carbons (Fsp3) is 0.625. The first kappa shape index (κ1) is 8.05. The molecule has 0 aromatic rings. The highest BCUT2D eigenvalue weighted by atomic mass is 33.1. The summed E-state index contributed by atoms with van der Waals surface area (Å²) < 4.78 is 9.75. The molecule has 0 bridgehead atoms. The Bertz CT molecular complexity index is 350. The molecule has 1 unspecified atom stereocenters. The third-order valence-electron chi connectivity index (χ3n) is 2.41. The highest BCUT2D eigenvalue weighted by Crippen LogP contribution is 2.49. The normalized spacial score (nSPS) is 33.7.